The van der Waals surface area contributed by atoms with E-state index in [0.29, 0.717) is 28.4 Å². The number of anilines is 1. The van der Waals surface area contributed by atoms with Gasteiger partial charge >= 0.3 is 0 Å². The van der Waals surface area contributed by atoms with Crippen molar-refractivity contribution < 1.29 is 18.8 Å². The van der Waals surface area contributed by atoms with E-state index in [2.05, 4.69) is 15.3 Å². The highest BCUT2D eigenvalue weighted by Crippen LogP contribution is 2.48. The first-order valence-electron chi connectivity index (χ1n) is 14.8. The monoisotopic (exact) mass is 621 g/mol. The molecule has 5 aromatic rings. The lowest BCUT2D eigenvalue weighted by Crippen LogP contribution is -2.46. The van der Waals surface area contributed by atoms with E-state index in [0.717, 1.165) is 28.5 Å². The van der Waals surface area contributed by atoms with Gasteiger partial charge in [-0.05, 0) is 62.4 Å². The van der Waals surface area contributed by atoms with Crippen molar-refractivity contribution in [2.45, 2.75) is 45.3 Å². The molecule has 10 heteroatoms. The van der Waals surface area contributed by atoms with Gasteiger partial charge in [0, 0.05) is 62.8 Å². The maximum atomic E-state index is 15.6. The Hall–Kier alpha value is -4.89. The molecule has 2 fully saturated rings. The Morgan fingerprint density at radius 3 is 2.49 bits per heavy atom. The maximum Gasteiger partial charge on any atom is 0.247 e. The number of Topliss-reactive ketones (excluding diaryl/α,β-unsaturated/α-hetero) is 1. The van der Waals surface area contributed by atoms with E-state index in [1.54, 1.807) is 64.5 Å². The smallest absolute Gasteiger partial charge is 0.247 e. The number of halogens is 2. The molecule has 1 aliphatic carbocycles. The second-order valence-electron chi connectivity index (χ2n) is 11.7. The number of benzene rings is 3. The van der Waals surface area contributed by atoms with Crippen LogP contribution in [0.15, 0.2) is 79.3 Å². The summed E-state index contributed by atoms with van der Waals surface area (Å²) in [6.07, 6.45) is 6.52. The third-order valence-electron chi connectivity index (χ3n) is 8.80. The number of carbonyl (C=O) groups excluding carboxylic acids is 3. The van der Waals surface area contributed by atoms with Crippen LogP contribution in [0.5, 0.6) is 0 Å². The lowest BCUT2D eigenvalue weighted by Gasteiger charge is -2.27. The van der Waals surface area contributed by atoms with Crippen LogP contribution in [0.4, 0.5) is 10.1 Å². The summed E-state index contributed by atoms with van der Waals surface area (Å²) in [5, 5.41) is 3.86. The molecular weight excluding hydrogens is 593 g/mol. The minimum Gasteiger partial charge on any atom is -0.337 e. The molecule has 226 valence electrons. The number of carbonyl (C=O) groups is 3. The van der Waals surface area contributed by atoms with Crippen molar-refractivity contribution in [2.24, 2.45) is 5.92 Å². The van der Waals surface area contributed by atoms with Gasteiger partial charge in [0.1, 0.15) is 18.4 Å². The zero-order valence-corrected chi connectivity index (χ0v) is 25.4. The van der Waals surface area contributed by atoms with Crippen LogP contribution in [0.2, 0.25) is 5.02 Å². The van der Waals surface area contributed by atoms with Crippen LogP contribution < -0.4 is 5.32 Å². The second kappa shape index (κ2) is 11.2. The van der Waals surface area contributed by atoms with Crippen LogP contribution in [0.1, 0.15) is 35.9 Å². The zero-order chi connectivity index (χ0) is 31.4. The molecule has 1 N–H and O–H groups in total. The molecule has 0 radical (unpaired) electrons. The van der Waals surface area contributed by atoms with Crippen molar-refractivity contribution >= 4 is 45.8 Å². The number of ketones is 1. The minimum absolute atomic E-state index is 0.0303. The van der Waals surface area contributed by atoms with E-state index < -0.39 is 17.8 Å². The molecule has 3 atom stereocenters. The highest BCUT2D eigenvalue weighted by atomic mass is 35.5. The zero-order valence-electron chi connectivity index (χ0n) is 24.6. The third kappa shape index (κ3) is 5.27. The van der Waals surface area contributed by atoms with Crippen molar-refractivity contribution in [1.82, 2.24) is 19.4 Å². The molecule has 2 amide bonds. The molecule has 2 aliphatic rings. The highest BCUT2D eigenvalue weighted by molar-refractivity contribution is 6.33. The quantitative estimate of drug-likeness (QED) is 0.204. The fourth-order valence-electron chi connectivity index (χ4n) is 6.44. The van der Waals surface area contributed by atoms with Crippen molar-refractivity contribution in [3.63, 3.8) is 0 Å². The Balaban J connectivity index is 1.14. The summed E-state index contributed by atoms with van der Waals surface area (Å²) in [4.78, 5) is 50.2. The first-order valence-corrected chi connectivity index (χ1v) is 15.2. The van der Waals surface area contributed by atoms with Gasteiger partial charge in [-0.15, -0.1) is 0 Å². The van der Waals surface area contributed by atoms with Crippen LogP contribution >= 0.6 is 11.6 Å². The number of nitrogens with zero attached hydrogens (tertiary/aromatic N) is 4. The van der Waals surface area contributed by atoms with Crippen molar-refractivity contribution in [2.75, 3.05) is 5.32 Å². The number of nitrogens with one attached hydrogen (secondary N) is 1. The number of rotatable bonds is 7. The molecule has 1 aliphatic heterocycles. The number of amides is 2. The highest BCUT2D eigenvalue weighted by Gasteiger charge is 2.56. The molecule has 0 unspecified atom stereocenters. The van der Waals surface area contributed by atoms with Gasteiger partial charge in [-0.3, -0.25) is 14.4 Å². The van der Waals surface area contributed by atoms with Gasteiger partial charge in [-0.1, -0.05) is 48.0 Å². The summed E-state index contributed by atoms with van der Waals surface area (Å²) < 4.78 is 17.4. The lowest BCUT2D eigenvalue weighted by molar-refractivity contribution is -0.138. The van der Waals surface area contributed by atoms with Gasteiger partial charge in [0.15, 0.2) is 11.6 Å². The van der Waals surface area contributed by atoms with Crippen molar-refractivity contribution in [3.8, 4) is 22.3 Å². The maximum absolute atomic E-state index is 15.6. The number of likely N-dealkylation sites (tertiary alicyclic amines) is 1. The topological polar surface area (TPSA) is 97.2 Å². The Kier molecular flexibility index (Phi) is 7.20. The summed E-state index contributed by atoms with van der Waals surface area (Å²) in [5.74, 6) is -0.475. The Labute approximate surface area is 263 Å². The molecular formula is C35H29ClFN5O3. The van der Waals surface area contributed by atoms with Gasteiger partial charge in [-0.25, -0.2) is 14.4 Å². The van der Waals surface area contributed by atoms with Crippen LogP contribution in [0.25, 0.3) is 33.2 Å². The predicted octanol–water partition coefficient (Wildman–Crippen LogP) is 6.70. The fourth-order valence-corrected chi connectivity index (χ4v) is 6.68. The first kappa shape index (κ1) is 28.9. The van der Waals surface area contributed by atoms with Gasteiger partial charge in [0.05, 0.1) is 5.69 Å². The summed E-state index contributed by atoms with van der Waals surface area (Å²) in [6.45, 7) is 3.27. The van der Waals surface area contributed by atoms with E-state index in [-0.39, 0.29) is 41.4 Å². The molecule has 1 saturated heterocycles. The number of aromatic nitrogens is 3. The summed E-state index contributed by atoms with van der Waals surface area (Å²) >= 11 is 6.31. The Bertz CT molecular complexity index is 2010. The number of hydrogen-bond acceptors (Lipinski definition) is 5. The normalized spacial score (nSPS) is 18.6. The summed E-state index contributed by atoms with van der Waals surface area (Å²) in [7, 11) is 0. The molecule has 3 aromatic carbocycles. The SMILES string of the molecule is CC(=O)c1cn(CC(=O)N2[C@@H]3C[C@@H]3C[C@H]2C(=O)Nc2cccc(-c3ccccc3Cl)c2F)c2ccc(-c3cnc(C)nc3)cc12. The average Bonchev–Trinajstić information content (AvgIpc) is 3.53. The van der Waals surface area contributed by atoms with Gasteiger partial charge in [-0.2, -0.15) is 0 Å². The van der Waals surface area contributed by atoms with Crippen molar-refractivity contribution in [3.05, 3.63) is 101 Å². The van der Waals surface area contributed by atoms with E-state index in [1.165, 1.54) is 13.0 Å². The largest absolute Gasteiger partial charge is 0.337 e. The van der Waals surface area contributed by atoms with E-state index in [1.807, 2.05) is 25.1 Å². The lowest BCUT2D eigenvalue weighted by atomic mass is 10.0. The van der Waals surface area contributed by atoms with E-state index >= 15 is 4.39 Å². The predicted molar refractivity (Wildman–Crippen MR) is 170 cm³/mol. The molecule has 1 saturated carbocycles. The van der Waals surface area contributed by atoms with Gasteiger partial charge in [0.25, 0.3) is 0 Å². The van der Waals surface area contributed by atoms with E-state index in [4.69, 9.17) is 11.6 Å². The fraction of sp³-hybridized carbons (Fsp3) is 0.229. The second-order valence-corrected chi connectivity index (χ2v) is 12.1. The number of piperidine rings is 1. The summed E-state index contributed by atoms with van der Waals surface area (Å²) in [5.41, 5.74) is 3.74. The number of aryl methyl sites for hydroxylation is 1. The molecule has 0 spiro atoms. The molecule has 2 aromatic heterocycles. The molecule has 45 heavy (non-hydrogen) atoms. The van der Waals surface area contributed by atoms with Crippen LogP contribution in [-0.2, 0) is 16.1 Å². The van der Waals surface area contributed by atoms with Crippen LogP contribution in [0, 0.1) is 18.7 Å². The first-order chi connectivity index (χ1) is 21.7. The number of fused-ring (bicyclic) bond motifs is 2. The number of hydrogen-bond donors (Lipinski definition) is 1. The van der Waals surface area contributed by atoms with Crippen LogP contribution in [-0.4, -0.2) is 49.1 Å². The summed E-state index contributed by atoms with van der Waals surface area (Å²) in [6, 6.07) is 16.7. The van der Waals surface area contributed by atoms with Gasteiger partial charge < -0.3 is 14.8 Å². The van der Waals surface area contributed by atoms with Crippen molar-refractivity contribution in [1.29, 1.82) is 0 Å². The Morgan fingerprint density at radius 1 is 0.978 bits per heavy atom. The van der Waals surface area contributed by atoms with Gasteiger partial charge in [0.2, 0.25) is 11.8 Å². The molecule has 7 rings (SSSR count). The van der Waals surface area contributed by atoms with E-state index in [9.17, 15) is 14.4 Å². The minimum atomic E-state index is -0.730. The molecule has 8 nitrogen and oxygen atoms in total. The third-order valence-corrected chi connectivity index (χ3v) is 9.13. The Morgan fingerprint density at radius 2 is 1.73 bits per heavy atom. The molecule has 3 heterocycles. The average molecular weight is 622 g/mol. The standard InChI is InChI=1S/C35H29ClFN5O3/c1-19(43)27-17-41(30-11-10-21(12-26(27)30)23-15-38-20(2)39-16-23)18-33(44)42-31-13-22(31)14-32(42)35(45)40-29-9-5-7-25(34(29)37)24-6-3-4-8-28(24)36/h3-12,15-17,22,31-32H,13-14,18H2,1-2H3,(H,40,45)/t22-,31-,32+/m1/s1. The van der Waals surface area contributed by atoms with Crippen LogP contribution in [0.3, 0.4) is 0 Å². The molecule has 0 bridgehead atoms.